The molecule has 116 valence electrons. The van der Waals surface area contributed by atoms with E-state index in [1.165, 1.54) is 51.7 Å². The normalized spacial score (nSPS) is 44.0. The summed E-state index contributed by atoms with van der Waals surface area (Å²) in [4.78, 5) is 5.75. The quantitative estimate of drug-likeness (QED) is 0.761. The van der Waals surface area contributed by atoms with Crippen molar-refractivity contribution in [3.63, 3.8) is 0 Å². The number of hydrogen-bond acceptors (Lipinski definition) is 2. The molecule has 5 unspecified atom stereocenters. The molecule has 2 heterocycles. The summed E-state index contributed by atoms with van der Waals surface area (Å²) in [6.07, 6.45) is 7.22. The first-order valence-corrected chi connectivity index (χ1v) is 9.07. The van der Waals surface area contributed by atoms with Crippen LogP contribution in [0.5, 0.6) is 0 Å². The average Bonchev–Trinajstić information content (AvgIpc) is 2.87. The molecule has 0 bridgehead atoms. The minimum atomic E-state index is 0.793. The zero-order valence-corrected chi connectivity index (χ0v) is 14.0. The maximum atomic E-state index is 2.96. The summed E-state index contributed by atoms with van der Waals surface area (Å²) in [5.41, 5.74) is 0. The van der Waals surface area contributed by atoms with E-state index in [2.05, 4.69) is 37.5 Å². The Hall–Kier alpha value is -0.0800. The molecule has 5 atom stereocenters. The van der Waals surface area contributed by atoms with Gasteiger partial charge in [0.15, 0.2) is 0 Å². The molecule has 3 fully saturated rings. The Morgan fingerprint density at radius 1 is 0.950 bits per heavy atom. The van der Waals surface area contributed by atoms with E-state index in [0.717, 1.165) is 35.9 Å². The minimum absolute atomic E-state index is 0.793. The van der Waals surface area contributed by atoms with Crippen LogP contribution in [0, 0.1) is 17.8 Å². The maximum Gasteiger partial charge on any atom is 0.0249 e. The van der Waals surface area contributed by atoms with Crippen molar-refractivity contribution in [2.75, 3.05) is 19.6 Å². The fourth-order valence-electron chi connectivity index (χ4n) is 5.06. The Bertz CT molecular complexity index is 327. The molecule has 2 nitrogen and oxygen atoms in total. The van der Waals surface area contributed by atoms with Crippen molar-refractivity contribution in [3.05, 3.63) is 0 Å². The predicted octanol–water partition coefficient (Wildman–Crippen LogP) is 3.62. The molecular weight excluding hydrogens is 244 g/mol. The number of rotatable bonds is 2. The van der Waals surface area contributed by atoms with Gasteiger partial charge in [0.2, 0.25) is 0 Å². The van der Waals surface area contributed by atoms with Crippen LogP contribution in [0.4, 0.5) is 0 Å². The molecule has 3 aliphatic rings. The number of nitrogens with zero attached hydrogens (tertiary/aromatic N) is 2. The first-order valence-electron chi connectivity index (χ1n) is 9.07. The van der Waals surface area contributed by atoms with Crippen molar-refractivity contribution in [1.29, 1.82) is 0 Å². The molecule has 3 rings (SSSR count). The lowest BCUT2D eigenvalue weighted by molar-refractivity contribution is -0.0348. The summed E-state index contributed by atoms with van der Waals surface area (Å²) in [6, 6.07) is 2.52. The molecule has 2 aliphatic heterocycles. The Balaban J connectivity index is 1.77. The van der Waals surface area contributed by atoms with Crippen LogP contribution in [0.25, 0.3) is 0 Å². The second-order valence-electron chi connectivity index (χ2n) is 8.13. The van der Waals surface area contributed by atoms with E-state index in [0.29, 0.717) is 0 Å². The summed E-state index contributed by atoms with van der Waals surface area (Å²) >= 11 is 0. The van der Waals surface area contributed by atoms with Gasteiger partial charge in [0, 0.05) is 31.2 Å². The summed E-state index contributed by atoms with van der Waals surface area (Å²) in [5.74, 6) is 2.60. The van der Waals surface area contributed by atoms with Crippen molar-refractivity contribution >= 4 is 0 Å². The van der Waals surface area contributed by atoms with Crippen molar-refractivity contribution in [3.8, 4) is 0 Å². The van der Waals surface area contributed by atoms with Gasteiger partial charge in [0.25, 0.3) is 0 Å². The van der Waals surface area contributed by atoms with Gasteiger partial charge in [-0.3, -0.25) is 9.80 Å². The highest BCUT2D eigenvalue weighted by Gasteiger charge is 2.42. The fraction of sp³-hybridized carbons (Fsp3) is 1.00. The molecule has 1 saturated carbocycles. The largest absolute Gasteiger partial charge is 0.298 e. The topological polar surface area (TPSA) is 6.48 Å². The van der Waals surface area contributed by atoms with E-state index in [4.69, 9.17) is 0 Å². The van der Waals surface area contributed by atoms with Crippen molar-refractivity contribution in [1.82, 2.24) is 9.80 Å². The Morgan fingerprint density at radius 2 is 1.75 bits per heavy atom. The summed E-state index contributed by atoms with van der Waals surface area (Å²) in [6.45, 7) is 13.9. The molecule has 2 heteroatoms. The summed E-state index contributed by atoms with van der Waals surface area (Å²) in [7, 11) is 0. The van der Waals surface area contributed by atoms with E-state index >= 15 is 0 Å². The third-order valence-corrected chi connectivity index (χ3v) is 6.63. The molecule has 0 N–H and O–H groups in total. The van der Waals surface area contributed by atoms with Gasteiger partial charge in [-0.25, -0.2) is 0 Å². The van der Waals surface area contributed by atoms with Gasteiger partial charge in [-0.15, -0.1) is 0 Å². The third kappa shape index (κ3) is 2.66. The lowest BCUT2D eigenvalue weighted by Crippen LogP contribution is -2.62. The van der Waals surface area contributed by atoms with E-state index in [1.54, 1.807) is 0 Å². The van der Waals surface area contributed by atoms with E-state index in [-0.39, 0.29) is 0 Å². The standard InChI is InChI=1S/C18H34N2/c1-13(2)18-12-19-10-6-8-16(19)11-20(18)17-9-5-7-14(3)15(17)4/h13-18H,5-12H2,1-4H3. The molecule has 2 saturated heterocycles. The monoisotopic (exact) mass is 278 g/mol. The van der Waals surface area contributed by atoms with Crippen molar-refractivity contribution < 1.29 is 0 Å². The number of fused-ring (bicyclic) bond motifs is 1. The van der Waals surface area contributed by atoms with Gasteiger partial charge >= 0.3 is 0 Å². The molecule has 20 heavy (non-hydrogen) atoms. The van der Waals surface area contributed by atoms with E-state index in [9.17, 15) is 0 Å². The lowest BCUT2D eigenvalue weighted by atomic mass is 9.76. The van der Waals surface area contributed by atoms with Gasteiger partial charge in [0.1, 0.15) is 0 Å². The SMILES string of the molecule is CC(C)C1CN2CCCC2CN1C1CCCC(C)C1C. The maximum absolute atomic E-state index is 2.96. The van der Waals surface area contributed by atoms with Crippen LogP contribution >= 0.6 is 0 Å². The Morgan fingerprint density at radius 3 is 2.50 bits per heavy atom. The first-order chi connectivity index (χ1) is 9.58. The van der Waals surface area contributed by atoms with Crippen LogP contribution in [0.2, 0.25) is 0 Å². The summed E-state index contributed by atoms with van der Waals surface area (Å²) < 4.78 is 0. The molecule has 0 aromatic heterocycles. The van der Waals surface area contributed by atoms with Crippen LogP contribution in [0.15, 0.2) is 0 Å². The second kappa shape index (κ2) is 5.96. The second-order valence-corrected chi connectivity index (χ2v) is 8.13. The highest BCUT2D eigenvalue weighted by molar-refractivity contribution is 4.98. The highest BCUT2D eigenvalue weighted by Crippen LogP contribution is 2.37. The van der Waals surface area contributed by atoms with Crippen LogP contribution in [0.1, 0.15) is 59.8 Å². The minimum Gasteiger partial charge on any atom is -0.298 e. The van der Waals surface area contributed by atoms with Crippen molar-refractivity contribution in [2.45, 2.75) is 77.9 Å². The third-order valence-electron chi connectivity index (χ3n) is 6.63. The number of hydrogen-bond donors (Lipinski definition) is 0. The molecule has 0 spiro atoms. The van der Waals surface area contributed by atoms with Crippen LogP contribution in [-0.2, 0) is 0 Å². The molecule has 0 amide bonds. The zero-order valence-electron chi connectivity index (χ0n) is 14.0. The Kier molecular flexibility index (Phi) is 4.42. The zero-order chi connectivity index (χ0) is 14.3. The van der Waals surface area contributed by atoms with E-state index in [1.807, 2.05) is 0 Å². The number of piperazine rings is 1. The van der Waals surface area contributed by atoms with Gasteiger partial charge in [-0.2, -0.15) is 0 Å². The van der Waals surface area contributed by atoms with Crippen LogP contribution in [-0.4, -0.2) is 47.6 Å². The van der Waals surface area contributed by atoms with Gasteiger partial charge in [-0.05, 0) is 43.6 Å². The molecule has 0 radical (unpaired) electrons. The molecular formula is C18H34N2. The van der Waals surface area contributed by atoms with Gasteiger partial charge in [-0.1, -0.05) is 40.5 Å². The molecule has 0 aromatic carbocycles. The molecule has 1 aliphatic carbocycles. The molecule has 0 aromatic rings. The van der Waals surface area contributed by atoms with Crippen molar-refractivity contribution in [2.24, 2.45) is 17.8 Å². The fourth-order valence-corrected chi connectivity index (χ4v) is 5.06. The van der Waals surface area contributed by atoms with Gasteiger partial charge in [0.05, 0.1) is 0 Å². The highest BCUT2D eigenvalue weighted by atomic mass is 15.3. The average molecular weight is 278 g/mol. The van der Waals surface area contributed by atoms with Crippen LogP contribution < -0.4 is 0 Å². The first kappa shape index (κ1) is 14.8. The lowest BCUT2D eigenvalue weighted by Gasteiger charge is -2.52. The Labute approximate surface area is 125 Å². The van der Waals surface area contributed by atoms with Gasteiger partial charge < -0.3 is 0 Å². The smallest absolute Gasteiger partial charge is 0.0249 e. The van der Waals surface area contributed by atoms with Crippen LogP contribution in [0.3, 0.4) is 0 Å². The predicted molar refractivity (Wildman–Crippen MR) is 85.9 cm³/mol. The van der Waals surface area contributed by atoms with E-state index < -0.39 is 0 Å². The summed E-state index contributed by atoms with van der Waals surface area (Å²) in [5, 5.41) is 0.